The first-order valence-electron chi connectivity index (χ1n) is 4.87. The Bertz CT molecular complexity index is 441. The lowest BCUT2D eigenvalue weighted by Crippen LogP contribution is -2.43. The van der Waals surface area contributed by atoms with Crippen molar-refractivity contribution in [1.29, 1.82) is 5.26 Å². The van der Waals surface area contributed by atoms with Gasteiger partial charge in [-0.15, -0.1) is 0 Å². The normalized spacial score (nSPS) is 10.7. The molecule has 84 valence electrons. The summed E-state index contributed by atoms with van der Waals surface area (Å²) in [5.74, 6) is -0.414. The highest BCUT2D eigenvalue weighted by Gasteiger charge is 2.28. The van der Waals surface area contributed by atoms with E-state index in [0.717, 1.165) is 0 Å². The average molecular weight is 218 g/mol. The molecule has 1 amide bonds. The summed E-state index contributed by atoms with van der Waals surface area (Å²) < 4.78 is 0. The van der Waals surface area contributed by atoms with Crippen LogP contribution >= 0.6 is 0 Å². The topological polar surface area (TPSA) is 64.3 Å². The van der Waals surface area contributed by atoms with Gasteiger partial charge in [0.15, 0.2) is 0 Å². The summed E-state index contributed by atoms with van der Waals surface area (Å²) in [6.07, 6.45) is 0. The molecule has 0 saturated heterocycles. The molecule has 1 rings (SSSR count). The molecular weight excluding hydrogens is 204 g/mol. The van der Waals surface area contributed by atoms with Gasteiger partial charge >= 0.3 is 0 Å². The fourth-order valence-electron chi connectivity index (χ4n) is 1.31. The molecule has 16 heavy (non-hydrogen) atoms. The molecule has 0 aliphatic rings. The third kappa shape index (κ3) is 2.59. The van der Waals surface area contributed by atoms with Gasteiger partial charge in [0.25, 0.3) is 5.91 Å². The Labute approximate surface area is 94.7 Å². The van der Waals surface area contributed by atoms with Gasteiger partial charge in [-0.3, -0.25) is 4.79 Å². The van der Waals surface area contributed by atoms with Gasteiger partial charge in [-0.2, -0.15) is 5.26 Å². The molecule has 0 saturated carbocycles. The lowest BCUT2D eigenvalue weighted by Gasteiger charge is -2.25. The maximum absolute atomic E-state index is 11.8. The SMILES string of the molecule is CN(C(=O)C(C)(C)O)c1cccc(C#N)c1. The van der Waals surface area contributed by atoms with Crippen LogP contribution in [0.4, 0.5) is 5.69 Å². The Morgan fingerprint density at radius 1 is 1.50 bits per heavy atom. The van der Waals surface area contributed by atoms with Crippen LogP contribution < -0.4 is 4.90 Å². The van der Waals surface area contributed by atoms with E-state index in [1.54, 1.807) is 31.3 Å². The number of hydrogen-bond donors (Lipinski definition) is 1. The number of amides is 1. The van der Waals surface area contributed by atoms with Crippen LogP contribution in [0.2, 0.25) is 0 Å². The fourth-order valence-corrected chi connectivity index (χ4v) is 1.31. The molecule has 1 N–H and O–H groups in total. The minimum absolute atomic E-state index is 0.414. The van der Waals surface area contributed by atoms with Gasteiger partial charge in [0.2, 0.25) is 0 Å². The molecule has 0 spiro atoms. The van der Waals surface area contributed by atoms with Crippen molar-refractivity contribution in [3.8, 4) is 6.07 Å². The van der Waals surface area contributed by atoms with E-state index in [0.29, 0.717) is 11.3 Å². The van der Waals surface area contributed by atoms with Crippen molar-refractivity contribution >= 4 is 11.6 Å². The summed E-state index contributed by atoms with van der Waals surface area (Å²) in [5.41, 5.74) is -0.351. The summed E-state index contributed by atoms with van der Waals surface area (Å²) in [5, 5.41) is 18.3. The Kier molecular flexibility index (Phi) is 3.31. The second-order valence-electron chi connectivity index (χ2n) is 4.09. The Morgan fingerprint density at radius 2 is 2.12 bits per heavy atom. The standard InChI is InChI=1S/C12H14N2O2/c1-12(2,16)11(15)14(3)10-6-4-5-9(7-10)8-13/h4-7,16H,1-3H3. The van der Waals surface area contributed by atoms with E-state index in [-0.39, 0.29) is 0 Å². The second-order valence-corrected chi connectivity index (χ2v) is 4.09. The first kappa shape index (κ1) is 12.2. The summed E-state index contributed by atoms with van der Waals surface area (Å²) >= 11 is 0. The molecule has 4 nitrogen and oxygen atoms in total. The fraction of sp³-hybridized carbons (Fsp3) is 0.333. The number of rotatable bonds is 2. The highest BCUT2D eigenvalue weighted by atomic mass is 16.3. The van der Waals surface area contributed by atoms with E-state index in [4.69, 9.17) is 5.26 Å². The van der Waals surface area contributed by atoms with Crippen molar-refractivity contribution in [2.24, 2.45) is 0 Å². The van der Waals surface area contributed by atoms with Crippen LogP contribution in [-0.4, -0.2) is 23.7 Å². The molecule has 0 heterocycles. The van der Waals surface area contributed by atoms with Crippen LogP contribution in [0, 0.1) is 11.3 Å². The van der Waals surface area contributed by atoms with Crippen LogP contribution in [0.15, 0.2) is 24.3 Å². The van der Waals surface area contributed by atoms with E-state index < -0.39 is 11.5 Å². The van der Waals surface area contributed by atoms with Gasteiger partial charge in [0, 0.05) is 12.7 Å². The molecule has 0 aliphatic heterocycles. The summed E-state index contributed by atoms with van der Waals surface area (Å²) in [4.78, 5) is 13.1. The highest BCUT2D eigenvalue weighted by Crippen LogP contribution is 2.17. The maximum atomic E-state index is 11.8. The lowest BCUT2D eigenvalue weighted by molar-refractivity contribution is -0.133. The first-order valence-corrected chi connectivity index (χ1v) is 4.87. The molecule has 0 unspecified atom stereocenters. The molecule has 1 aromatic rings. The number of hydrogen-bond acceptors (Lipinski definition) is 3. The second kappa shape index (κ2) is 4.33. The number of benzene rings is 1. The predicted molar refractivity (Wildman–Crippen MR) is 60.9 cm³/mol. The van der Waals surface area contributed by atoms with Gasteiger partial charge in [-0.1, -0.05) is 6.07 Å². The number of carbonyl (C=O) groups excluding carboxylic acids is 1. The van der Waals surface area contributed by atoms with E-state index in [9.17, 15) is 9.90 Å². The Morgan fingerprint density at radius 3 is 2.62 bits per heavy atom. The molecule has 1 aromatic carbocycles. The molecule has 0 fully saturated rings. The number of carbonyl (C=O) groups is 1. The van der Waals surface area contributed by atoms with Crippen molar-refractivity contribution < 1.29 is 9.90 Å². The monoisotopic (exact) mass is 218 g/mol. The van der Waals surface area contributed by atoms with Crippen molar-refractivity contribution in [3.63, 3.8) is 0 Å². The van der Waals surface area contributed by atoms with Crippen molar-refractivity contribution in [1.82, 2.24) is 0 Å². The molecule has 0 aromatic heterocycles. The predicted octanol–water partition coefficient (Wildman–Crippen LogP) is 1.29. The molecule has 0 radical (unpaired) electrons. The summed E-state index contributed by atoms with van der Waals surface area (Å²) in [7, 11) is 1.57. The van der Waals surface area contributed by atoms with Gasteiger partial charge in [0.05, 0.1) is 11.6 Å². The lowest BCUT2D eigenvalue weighted by atomic mass is 10.1. The third-order valence-corrected chi connectivity index (χ3v) is 2.19. The quantitative estimate of drug-likeness (QED) is 0.813. The van der Waals surface area contributed by atoms with Crippen molar-refractivity contribution in [3.05, 3.63) is 29.8 Å². The highest BCUT2D eigenvalue weighted by molar-refractivity contribution is 5.98. The first-order chi connectivity index (χ1) is 7.36. The van der Waals surface area contributed by atoms with Crippen molar-refractivity contribution in [2.75, 3.05) is 11.9 Å². The van der Waals surface area contributed by atoms with Crippen LogP contribution in [0.3, 0.4) is 0 Å². The average Bonchev–Trinajstić information content (AvgIpc) is 2.26. The summed E-state index contributed by atoms with van der Waals surface area (Å²) in [6.45, 7) is 2.86. The van der Waals surface area contributed by atoms with Crippen LogP contribution in [0.25, 0.3) is 0 Å². The molecule has 0 atom stereocenters. The molecule has 0 bridgehead atoms. The third-order valence-electron chi connectivity index (χ3n) is 2.19. The molecule has 0 aliphatic carbocycles. The van der Waals surface area contributed by atoms with E-state index in [1.165, 1.54) is 18.7 Å². The van der Waals surface area contributed by atoms with Crippen molar-refractivity contribution in [2.45, 2.75) is 19.4 Å². The maximum Gasteiger partial charge on any atom is 0.258 e. The number of aliphatic hydroxyl groups is 1. The number of likely N-dealkylation sites (N-methyl/N-ethyl adjacent to an activating group) is 1. The molecule has 4 heteroatoms. The molecular formula is C12H14N2O2. The largest absolute Gasteiger partial charge is 0.381 e. The Hall–Kier alpha value is -1.86. The van der Waals surface area contributed by atoms with Crippen LogP contribution in [-0.2, 0) is 4.79 Å². The van der Waals surface area contributed by atoms with E-state index in [2.05, 4.69) is 0 Å². The van der Waals surface area contributed by atoms with Gasteiger partial charge in [0.1, 0.15) is 5.60 Å². The summed E-state index contributed by atoms with van der Waals surface area (Å²) in [6, 6.07) is 8.67. The smallest absolute Gasteiger partial charge is 0.258 e. The van der Waals surface area contributed by atoms with Crippen LogP contribution in [0.1, 0.15) is 19.4 Å². The zero-order valence-corrected chi connectivity index (χ0v) is 9.56. The number of nitriles is 1. The zero-order chi connectivity index (χ0) is 12.3. The van der Waals surface area contributed by atoms with Gasteiger partial charge in [-0.25, -0.2) is 0 Å². The number of nitrogens with zero attached hydrogens (tertiary/aromatic N) is 2. The minimum atomic E-state index is -1.42. The number of anilines is 1. The van der Waals surface area contributed by atoms with E-state index in [1.807, 2.05) is 6.07 Å². The van der Waals surface area contributed by atoms with Crippen LogP contribution in [0.5, 0.6) is 0 Å². The van der Waals surface area contributed by atoms with E-state index >= 15 is 0 Å². The van der Waals surface area contributed by atoms with Gasteiger partial charge < -0.3 is 10.0 Å². The minimum Gasteiger partial charge on any atom is -0.381 e. The van der Waals surface area contributed by atoms with Gasteiger partial charge in [-0.05, 0) is 32.0 Å². The zero-order valence-electron chi connectivity index (χ0n) is 9.56. The Balaban J connectivity index is 3.02.